The topological polar surface area (TPSA) is 37.3 Å². The zero-order chi connectivity index (χ0) is 27.5. The molecule has 0 saturated heterocycles. The lowest BCUT2D eigenvalue weighted by Gasteiger charge is -2.03. The van der Waals surface area contributed by atoms with Crippen LogP contribution in [0.5, 0.6) is 0 Å². The van der Waals surface area contributed by atoms with Gasteiger partial charge in [0.15, 0.2) is 0 Å². The molecule has 0 atom stereocenters. The van der Waals surface area contributed by atoms with E-state index >= 15 is 0 Å². The van der Waals surface area contributed by atoms with E-state index in [2.05, 4.69) is 20.8 Å². The van der Waals surface area contributed by atoms with Gasteiger partial charge in [0.2, 0.25) is 0 Å². The fraction of sp³-hybridized carbons (Fsp3) is 0.971. The van der Waals surface area contributed by atoms with Gasteiger partial charge in [0, 0.05) is 6.42 Å². The smallest absolute Gasteiger partial charge is 0.303 e. The van der Waals surface area contributed by atoms with Crippen LogP contribution >= 0.6 is 0 Å². The predicted octanol–water partition coefficient (Wildman–Crippen LogP) is 13.2. The van der Waals surface area contributed by atoms with Crippen LogP contribution in [0.2, 0.25) is 0 Å². The van der Waals surface area contributed by atoms with Crippen LogP contribution in [0.25, 0.3) is 0 Å². The molecular formula is C35H72O2. The predicted molar refractivity (Wildman–Crippen MR) is 168 cm³/mol. The number of carbonyl (C=O) groups is 1. The molecular weight excluding hydrogens is 452 g/mol. The molecule has 224 valence electrons. The standard InChI is InChI=1S/C18H36O2.C17H36/c1-2-3-4-5-6-7-8-9-10-11-12-13-14-15-16-17-18(19)20;1-3-5-7-9-11-13-15-17-16-14-12-10-8-6-4-2/h2-17H2,1H3,(H,19,20);3-17H2,1-2H3. The molecule has 0 bridgehead atoms. The van der Waals surface area contributed by atoms with Crippen LogP contribution in [-0.4, -0.2) is 11.1 Å². The zero-order valence-electron chi connectivity index (χ0n) is 26.3. The van der Waals surface area contributed by atoms with E-state index in [9.17, 15) is 4.79 Å². The molecule has 0 fully saturated rings. The van der Waals surface area contributed by atoms with Crippen LogP contribution in [0.4, 0.5) is 0 Å². The van der Waals surface area contributed by atoms with E-state index < -0.39 is 5.97 Å². The molecule has 0 aliphatic carbocycles. The summed E-state index contributed by atoms with van der Waals surface area (Å²) in [5.74, 6) is -0.653. The second-order valence-electron chi connectivity index (χ2n) is 11.7. The minimum Gasteiger partial charge on any atom is -0.481 e. The molecule has 1 N–H and O–H groups in total. The number of rotatable bonds is 30. The Morgan fingerprint density at radius 2 is 0.486 bits per heavy atom. The van der Waals surface area contributed by atoms with Crippen molar-refractivity contribution in [2.24, 2.45) is 0 Å². The summed E-state index contributed by atoms with van der Waals surface area (Å²) in [5.41, 5.74) is 0. The summed E-state index contributed by atoms with van der Waals surface area (Å²) in [6.45, 7) is 6.85. The lowest BCUT2D eigenvalue weighted by molar-refractivity contribution is -0.137. The molecule has 0 unspecified atom stereocenters. The molecule has 0 rings (SSSR count). The number of hydrogen-bond acceptors (Lipinski definition) is 1. The molecule has 0 aromatic heterocycles. The Bertz CT molecular complexity index is 379. The van der Waals surface area contributed by atoms with Gasteiger partial charge in [0.05, 0.1) is 0 Å². The summed E-state index contributed by atoms with van der Waals surface area (Å²) < 4.78 is 0. The Kier molecular flexibility index (Phi) is 39.3. The first-order valence-corrected chi connectivity index (χ1v) is 17.4. The molecule has 37 heavy (non-hydrogen) atoms. The average Bonchev–Trinajstić information content (AvgIpc) is 2.89. The fourth-order valence-electron chi connectivity index (χ4n) is 5.09. The largest absolute Gasteiger partial charge is 0.481 e. The maximum atomic E-state index is 10.3. The van der Waals surface area contributed by atoms with E-state index in [0.717, 1.165) is 12.8 Å². The van der Waals surface area contributed by atoms with Crippen molar-refractivity contribution in [3.8, 4) is 0 Å². The summed E-state index contributed by atoms with van der Waals surface area (Å²) in [5, 5.41) is 8.52. The van der Waals surface area contributed by atoms with Crippen LogP contribution < -0.4 is 0 Å². The van der Waals surface area contributed by atoms with E-state index in [1.165, 1.54) is 180 Å². The molecule has 2 heteroatoms. The molecule has 0 saturated carbocycles. The molecule has 0 heterocycles. The van der Waals surface area contributed by atoms with Crippen LogP contribution in [0.1, 0.15) is 220 Å². The lowest BCUT2D eigenvalue weighted by atomic mass is 10.0. The van der Waals surface area contributed by atoms with E-state index in [0.29, 0.717) is 6.42 Å². The van der Waals surface area contributed by atoms with Gasteiger partial charge in [-0.1, -0.05) is 207 Å². The third-order valence-corrected chi connectivity index (χ3v) is 7.70. The van der Waals surface area contributed by atoms with Gasteiger partial charge < -0.3 is 5.11 Å². The van der Waals surface area contributed by atoms with Gasteiger partial charge in [-0.05, 0) is 6.42 Å². The van der Waals surface area contributed by atoms with Crippen molar-refractivity contribution in [2.45, 2.75) is 220 Å². The van der Waals surface area contributed by atoms with Crippen molar-refractivity contribution in [3.05, 3.63) is 0 Å². The number of carboxylic acid groups (broad SMARTS) is 1. The van der Waals surface area contributed by atoms with Crippen molar-refractivity contribution in [1.82, 2.24) is 0 Å². The van der Waals surface area contributed by atoms with Crippen LogP contribution in [0, 0.1) is 0 Å². The van der Waals surface area contributed by atoms with E-state index in [4.69, 9.17) is 5.11 Å². The molecule has 0 aromatic rings. The Hall–Kier alpha value is -0.530. The summed E-state index contributed by atoms with van der Waals surface area (Å²) in [4.78, 5) is 10.3. The van der Waals surface area contributed by atoms with E-state index in [-0.39, 0.29) is 0 Å². The molecule has 0 amide bonds. The first kappa shape index (κ1) is 38.6. The first-order valence-electron chi connectivity index (χ1n) is 17.4. The highest BCUT2D eigenvalue weighted by molar-refractivity contribution is 5.66. The quantitative estimate of drug-likeness (QED) is 0.0948. The maximum Gasteiger partial charge on any atom is 0.303 e. The van der Waals surface area contributed by atoms with Crippen LogP contribution in [-0.2, 0) is 4.79 Å². The minimum atomic E-state index is -0.653. The highest BCUT2D eigenvalue weighted by Gasteiger charge is 1.97. The Morgan fingerprint density at radius 3 is 0.649 bits per heavy atom. The van der Waals surface area contributed by atoms with Gasteiger partial charge in [0.1, 0.15) is 0 Å². The molecule has 0 radical (unpaired) electrons. The highest BCUT2D eigenvalue weighted by Crippen LogP contribution is 2.14. The van der Waals surface area contributed by atoms with Crippen molar-refractivity contribution >= 4 is 5.97 Å². The van der Waals surface area contributed by atoms with Gasteiger partial charge in [-0.2, -0.15) is 0 Å². The number of carboxylic acids is 1. The third kappa shape index (κ3) is 42.8. The molecule has 0 aliphatic heterocycles. The summed E-state index contributed by atoms with van der Waals surface area (Å²) in [6.07, 6.45) is 42.1. The Labute approximate surface area is 235 Å². The average molecular weight is 525 g/mol. The van der Waals surface area contributed by atoms with E-state index in [1.54, 1.807) is 0 Å². The second-order valence-corrected chi connectivity index (χ2v) is 11.7. The van der Waals surface area contributed by atoms with Gasteiger partial charge in [-0.25, -0.2) is 0 Å². The minimum absolute atomic E-state index is 0.345. The molecule has 2 nitrogen and oxygen atoms in total. The van der Waals surface area contributed by atoms with Crippen molar-refractivity contribution < 1.29 is 9.90 Å². The molecule has 0 aliphatic rings. The van der Waals surface area contributed by atoms with Gasteiger partial charge in [-0.15, -0.1) is 0 Å². The number of aliphatic carboxylic acids is 1. The number of hydrogen-bond donors (Lipinski definition) is 1. The Balaban J connectivity index is 0. The molecule has 0 aromatic carbocycles. The Morgan fingerprint density at radius 1 is 0.324 bits per heavy atom. The van der Waals surface area contributed by atoms with Crippen molar-refractivity contribution in [2.75, 3.05) is 0 Å². The number of unbranched alkanes of at least 4 members (excludes halogenated alkanes) is 28. The maximum absolute atomic E-state index is 10.3. The summed E-state index contributed by atoms with van der Waals surface area (Å²) in [6, 6.07) is 0. The fourth-order valence-corrected chi connectivity index (χ4v) is 5.09. The highest BCUT2D eigenvalue weighted by atomic mass is 16.4. The van der Waals surface area contributed by atoms with Crippen LogP contribution in [0.3, 0.4) is 0 Å². The van der Waals surface area contributed by atoms with Crippen molar-refractivity contribution in [1.29, 1.82) is 0 Å². The first-order chi connectivity index (χ1) is 18.2. The summed E-state index contributed by atoms with van der Waals surface area (Å²) in [7, 11) is 0. The van der Waals surface area contributed by atoms with Gasteiger partial charge in [0.25, 0.3) is 0 Å². The van der Waals surface area contributed by atoms with Gasteiger partial charge in [-0.3, -0.25) is 4.79 Å². The normalized spacial score (nSPS) is 10.9. The zero-order valence-corrected chi connectivity index (χ0v) is 26.3. The van der Waals surface area contributed by atoms with Gasteiger partial charge >= 0.3 is 5.97 Å². The van der Waals surface area contributed by atoms with E-state index in [1.807, 2.05) is 0 Å². The molecule has 0 spiro atoms. The second kappa shape index (κ2) is 37.6. The lowest BCUT2D eigenvalue weighted by Crippen LogP contribution is -1.93. The monoisotopic (exact) mass is 525 g/mol. The third-order valence-electron chi connectivity index (χ3n) is 7.70. The van der Waals surface area contributed by atoms with Crippen molar-refractivity contribution in [3.63, 3.8) is 0 Å². The van der Waals surface area contributed by atoms with Crippen LogP contribution in [0.15, 0.2) is 0 Å². The SMILES string of the molecule is CCCCCCCCCCCCCCCCC.CCCCCCCCCCCCCCCCCC(=O)O. The summed E-state index contributed by atoms with van der Waals surface area (Å²) >= 11 is 0.